The van der Waals surface area contributed by atoms with Crippen molar-refractivity contribution >= 4 is 11.6 Å². The number of halogens is 2. The second kappa shape index (κ2) is 6.21. The minimum absolute atomic E-state index is 0.216. The monoisotopic (exact) mass is 243 g/mol. The lowest BCUT2D eigenvalue weighted by atomic mass is 10.1. The lowest BCUT2D eigenvalue weighted by molar-refractivity contribution is 0.428. The topological polar surface area (TPSA) is 12.0 Å². The van der Waals surface area contributed by atoms with Crippen molar-refractivity contribution in [2.45, 2.75) is 33.2 Å². The number of hydrogen-bond acceptors (Lipinski definition) is 1. The van der Waals surface area contributed by atoms with Crippen LogP contribution in [0.5, 0.6) is 0 Å². The molecule has 1 unspecified atom stereocenters. The molecule has 0 aliphatic heterocycles. The Balaban J connectivity index is 2.49. The summed E-state index contributed by atoms with van der Waals surface area (Å²) < 4.78 is 13.4. The molecule has 0 amide bonds. The molecule has 1 rings (SSSR count). The van der Waals surface area contributed by atoms with Crippen molar-refractivity contribution in [3.05, 3.63) is 34.6 Å². The second-order valence-electron chi connectivity index (χ2n) is 4.44. The highest BCUT2D eigenvalue weighted by atomic mass is 35.5. The third-order valence-corrected chi connectivity index (χ3v) is 3.26. The zero-order valence-corrected chi connectivity index (χ0v) is 10.8. The van der Waals surface area contributed by atoms with Gasteiger partial charge in [0.25, 0.3) is 0 Å². The summed E-state index contributed by atoms with van der Waals surface area (Å²) in [5.74, 6) is 0.364. The van der Waals surface area contributed by atoms with Gasteiger partial charge in [0, 0.05) is 16.6 Å². The molecule has 90 valence electrons. The summed E-state index contributed by atoms with van der Waals surface area (Å²) in [4.78, 5) is 0. The summed E-state index contributed by atoms with van der Waals surface area (Å²) in [5.41, 5.74) is 0.604. The Labute approximate surface area is 102 Å². The third kappa shape index (κ3) is 3.76. The van der Waals surface area contributed by atoms with E-state index in [1.165, 1.54) is 6.07 Å². The average molecular weight is 244 g/mol. The Bertz CT molecular complexity index is 318. The smallest absolute Gasteiger partial charge is 0.127 e. The van der Waals surface area contributed by atoms with Gasteiger partial charge in [-0.05, 0) is 37.9 Å². The molecule has 1 atom stereocenters. The molecule has 0 radical (unpaired) electrons. The van der Waals surface area contributed by atoms with Gasteiger partial charge in [-0.25, -0.2) is 4.39 Å². The molecular formula is C13H19ClFN. The van der Waals surface area contributed by atoms with Gasteiger partial charge in [0.1, 0.15) is 5.82 Å². The van der Waals surface area contributed by atoms with E-state index in [0.29, 0.717) is 29.0 Å². The fraction of sp³-hybridized carbons (Fsp3) is 0.538. The van der Waals surface area contributed by atoms with Gasteiger partial charge in [0.05, 0.1) is 0 Å². The van der Waals surface area contributed by atoms with E-state index in [1.807, 2.05) is 0 Å². The normalized spacial score (nSPS) is 13.1. The Kier molecular flexibility index (Phi) is 5.23. The summed E-state index contributed by atoms with van der Waals surface area (Å²) in [6.45, 7) is 7.20. The molecule has 3 heteroatoms. The van der Waals surface area contributed by atoms with Gasteiger partial charge >= 0.3 is 0 Å². The van der Waals surface area contributed by atoms with Crippen LogP contribution >= 0.6 is 11.6 Å². The van der Waals surface area contributed by atoms with Crippen molar-refractivity contribution in [1.82, 2.24) is 5.32 Å². The molecular weight excluding hydrogens is 225 g/mol. The SMILES string of the molecule is CC(C)C(C)NCCc1c(F)cccc1Cl. The lowest BCUT2D eigenvalue weighted by Crippen LogP contribution is -2.32. The van der Waals surface area contributed by atoms with Gasteiger partial charge in [-0.1, -0.05) is 31.5 Å². The minimum Gasteiger partial charge on any atom is -0.314 e. The van der Waals surface area contributed by atoms with E-state index < -0.39 is 0 Å². The molecule has 1 nitrogen and oxygen atoms in total. The van der Waals surface area contributed by atoms with E-state index in [4.69, 9.17) is 11.6 Å². The molecule has 0 aliphatic carbocycles. The fourth-order valence-electron chi connectivity index (χ4n) is 1.43. The van der Waals surface area contributed by atoms with Crippen LogP contribution < -0.4 is 5.32 Å². The average Bonchev–Trinajstić information content (AvgIpc) is 2.22. The van der Waals surface area contributed by atoms with Crippen molar-refractivity contribution in [1.29, 1.82) is 0 Å². The molecule has 1 aromatic rings. The molecule has 0 bridgehead atoms. The second-order valence-corrected chi connectivity index (χ2v) is 4.84. The summed E-state index contributed by atoms with van der Waals surface area (Å²) in [5, 5.41) is 3.87. The molecule has 0 saturated heterocycles. The summed E-state index contributed by atoms with van der Waals surface area (Å²) >= 11 is 5.94. The summed E-state index contributed by atoms with van der Waals surface area (Å²) in [6, 6.07) is 5.25. The van der Waals surface area contributed by atoms with E-state index in [0.717, 1.165) is 6.54 Å². The van der Waals surface area contributed by atoms with E-state index >= 15 is 0 Å². The maximum absolute atomic E-state index is 13.4. The highest BCUT2D eigenvalue weighted by Crippen LogP contribution is 2.19. The van der Waals surface area contributed by atoms with Crippen molar-refractivity contribution in [2.75, 3.05) is 6.54 Å². The first kappa shape index (κ1) is 13.5. The Morgan fingerprint density at radius 2 is 2.00 bits per heavy atom. The van der Waals surface area contributed by atoms with Crippen LogP contribution in [0, 0.1) is 11.7 Å². The van der Waals surface area contributed by atoms with Crippen LogP contribution in [0.3, 0.4) is 0 Å². The van der Waals surface area contributed by atoms with Gasteiger partial charge in [-0.3, -0.25) is 0 Å². The molecule has 0 spiro atoms. The first-order valence-corrected chi connectivity index (χ1v) is 6.06. The standard InChI is InChI=1S/C13H19ClFN/c1-9(2)10(3)16-8-7-11-12(14)5-4-6-13(11)15/h4-6,9-10,16H,7-8H2,1-3H3. The fourth-order valence-corrected chi connectivity index (χ4v) is 1.69. The highest BCUT2D eigenvalue weighted by molar-refractivity contribution is 6.31. The van der Waals surface area contributed by atoms with Gasteiger partial charge in [0.15, 0.2) is 0 Å². The van der Waals surface area contributed by atoms with Crippen molar-refractivity contribution in [2.24, 2.45) is 5.92 Å². The van der Waals surface area contributed by atoms with E-state index in [2.05, 4.69) is 26.1 Å². The maximum atomic E-state index is 13.4. The van der Waals surface area contributed by atoms with Crippen LogP contribution in [0.15, 0.2) is 18.2 Å². The summed E-state index contributed by atoms with van der Waals surface area (Å²) in [7, 11) is 0. The molecule has 0 fully saturated rings. The molecule has 1 aromatic carbocycles. The molecule has 0 saturated carbocycles. The van der Waals surface area contributed by atoms with Gasteiger partial charge < -0.3 is 5.32 Å². The zero-order valence-electron chi connectivity index (χ0n) is 10.1. The van der Waals surface area contributed by atoms with Crippen molar-refractivity contribution in [3.8, 4) is 0 Å². The van der Waals surface area contributed by atoms with E-state index in [-0.39, 0.29) is 5.82 Å². The minimum atomic E-state index is -0.216. The molecule has 0 aromatic heterocycles. The number of hydrogen-bond donors (Lipinski definition) is 1. The van der Waals surface area contributed by atoms with Crippen LogP contribution in [-0.2, 0) is 6.42 Å². The van der Waals surface area contributed by atoms with Crippen LogP contribution in [-0.4, -0.2) is 12.6 Å². The summed E-state index contributed by atoms with van der Waals surface area (Å²) in [6.07, 6.45) is 0.628. The van der Waals surface area contributed by atoms with E-state index in [1.54, 1.807) is 12.1 Å². The molecule has 0 heterocycles. The van der Waals surface area contributed by atoms with E-state index in [9.17, 15) is 4.39 Å². The van der Waals surface area contributed by atoms with Crippen LogP contribution in [0.1, 0.15) is 26.3 Å². The quantitative estimate of drug-likeness (QED) is 0.832. The van der Waals surface area contributed by atoms with Crippen LogP contribution in [0.25, 0.3) is 0 Å². The highest BCUT2D eigenvalue weighted by Gasteiger charge is 2.09. The van der Waals surface area contributed by atoms with Crippen LogP contribution in [0.4, 0.5) is 4.39 Å². The first-order valence-electron chi connectivity index (χ1n) is 5.68. The van der Waals surface area contributed by atoms with Crippen LogP contribution in [0.2, 0.25) is 5.02 Å². The molecule has 1 N–H and O–H groups in total. The lowest BCUT2D eigenvalue weighted by Gasteiger charge is -2.17. The first-order chi connectivity index (χ1) is 7.52. The Morgan fingerprint density at radius 1 is 1.31 bits per heavy atom. The van der Waals surface area contributed by atoms with Gasteiger partial charge in [-0.2, -0.15) is 0 Å². The third-order valence-electron chi connectivity index (χ3n) is 2.90. The number of rotatable bonds is 5. The predicted molar refractivity (Wildman–Crippen MR) is 67.4 cm³/mol. The largest absolute Gasteiger partial charge is 0.314 e. The van der Waals surface area contributed by atoms with Gasteiger partial charge in [-0.15, -0.1) is 0 Å². The maximum Gasteiger partial charge on any atom is 0.127 e. The number of nitrogens with one attached hydrogen (secondary N) is 1. The Hall–Kier alpha value is -0.600. The Morgan fingerprint density at radius 3 is 2.56 bits per heavy atom. The zero-order chi connectivity index (χ0) is 12.1. The molecule has 0 aliphatic rings. The van der Waals surface area contributed by atoms with Gasteiger partial charge in [0.2, 0.25) is 0 Å². The molecule has 16 heavy (non-hydrogen) atoms. The van der Waals surface area contributed by atoms with Crippen molar-refractivity contribution in [3.63, 3.8) is 0 Å². The van der Waals surface area contributed by atoms with Crippen molar-refractivity contribution < 1.29 is 4.39 Å². The predicted octanol–water partition coefficient (Wildman–Crippen LogP) is 3.66. The number of benzene rings is 1.